The summed E-state index contributed by atoms with van der Waals surface area (Å²) in [6.07, 6.45) is 0. The number of carbonyl (C=O) groups excluding carboxylic acids is 1. The van der Waals surface area contributed by atoms with Gasteiger partial charge in [-0.25, -0.2) is 8.78 Å². The standard InChI is InChI=1S/C20H23F2N3O/c1-15(20(26)23-14-16-6-2-3-7-17(16)21)24-10-12-25(13-11-24)19-9-5-4-8-18(19)22/h2-9,15H,10-14H2,1H3,(H,23,26)/t15-/m0/s1. The molecule has 1 heterocycles. The lowest BCUT2D eigenvalue weighted by atomic mass is 10.1. The Hall–Kier alpha value is -2.47. The van der Waals surface area contributed by atoms with Crippen molar-refractivity contribution in [1.82, 2.24) is 10.2 Å². The molecule has 1 saturated heterocycles. The van der Waals surface area contributed by atoms with E-state index in [9.17, 15) is 13.6 Å². The fourth-order valence-electron chi connectivity index (χ4n) is 3.20. The Morgan fingerprint density at radius 3 is 2.27 bits per heavy atom. The molecule has 138 valence electrons. The number of carbonyl (C=O) groups is 1. The van der Waals surface area contributed by atoms with Crippen molar-refractivity contribution in [1.29, 1.82) is 0 Å². The van der Waals surface area contributed by atoms with Gasteiger partial charge in [0.15, 0.2) is 0 Å². The number of nitrogens with one attached hydrogen (secondary N) is 1. The van der Waals surface area contributed by atoms with Crippen LogP contribution >= 0.6 is 0 Å². The molecule has 3 rings (SSSR count). The van der Waals surface area contributed by atoms with Crippen LogP contribution in [0.3, 0.4) is 0 Å². The van der Waals surface area contributed by atoms with E-state index in [1.165, 1.54) is 12.1 Å². The van der Waals surface area contributed by atoms with E-state index in [0.717, 1.165) is 0 Å². The molecular formula is C20H23F2N3O. The Balaban J connectivity index is 1.51. The van der Waals surface area contributed by atoms with Gasteiger partial charge in [0.2, 0.25) is 5.91 Å². The fourth-order valence-corrected chi connectivity index (χ4v) is 3.20. The Labute approximate surface area is 152 Å². The number of piperazine rings is 1. The van der Waals surface area contributed by atoms with E-state index < -0.39 is 0 Å². The van der Waals surface area contributed by atoms with E-state index in [0.29, 0.717) is 37.4 Å². The second-order valence-corrected chi connectivity index (χ2v) is 6.46. The van der Waals surface area contributed by atoms with Crippen molar-refractivity contribution in [2.24, 2.45) is 0 Å². The minimum atomic E-state index is -0.320. The number of para-hydroxylation sites is 1. The molecule has 1 atom stereocenters. The van der Waals surface area contributed by atoms with Crippen molar-refractivity contribution in [3.8, 4) is 0 Å². The van der Waals surface area contributed by atoms with Gasteiger partial charge in [-0.1, -0.05) is 30.3 Å². The summed E-state index contributed by atoms with van der Waals surface area (Å²) in [4.78, 5) is 16.4. The zero-order valence-electron chi connectivity index (χ0n) is 14.8. The molecule has 1 N–H and O–H groups in total. The van der Waals surface area contributed by atoms with Gasteiger partial charge in [-0.3, -0.25) is 9.69 Å². The molecule has 1 amide bonds. The maximum absolute atomic E-state index is 13.9. The van der Waals surface area contributed by atoms with Crippen LogP contribution in [0.4, 0.5) is 14.5 Å². The summed E-state index contributed by atoms with van der Waals surface area (Å²) < 4.78 is 27.5. The van der Waals surface area contributed by atoms with E-state index >= 15 is 0 Å². The number of rotatable bonds is 5. The molecule has 0 saturated carbocycles. The van der Waals surface area contributed by atoms with Crippen LogP contribution < -0.4 is 10.2 Å². The van der Waals surface area contributed by atoms with E-state index in [-0.39, 0.29) is 30.1 Å². The molecule has 1 aliphatic heterocycles. The third kappa shape index (κ3) is 4.19. The number of hydrogen-bond donors (Lipinski definition) is 1. The number of anilines is 1. The Morgan fingerprint density at radius 2 is 1.62 bits per heavy atom. The fraction of sp³-hybridized carbons (Fsp3) is 0.350. The monoisotopic (exact) mass is 359 g/mol. The highest BCUT2D eigenvalue weighted by Crippen LogP contribution is 2.20. The summed E-state index contributed by atoms with van der Waals surface area (Å²) in [5.41, 5.74) is 1.07. The molecule has 0 bridgehead atoms. The second kappa shape index (κ2) is 8.27. The third-order valence-electron chi connectivity index (χ3n) is 4.85. The molecule has 0 unspecified atom stereocenters. The average Bonchev–Trinajstić information content (AvgIpc) is 2.67. The number of hydrogen-bond acceptors (Lipinski definition) is 3. The zero-order chi connectivity index (χ0) is 18.5. The van der Waals surface area contributed by atoms with Gasteiger partial charge in [0.05, 0.1) is 11.7 Å². The van der Waals surface area contributed by atoms with E-state index in [4.69, 9.17) is 0 Å². The van der Waals surface area contributed by atoms with Crippen LogP contribution in [0.2, 0.25) is 0 Å². The minimum Gasteiger partial charge on any atom is -0.367 e. The average molecular weight is 359 g/mol. The third-order valence-corrected chi connectivity index (χ3v) is 4.85. The summed E-state index contributed by atoms with van der Waals surface area (Å²) in [6, 6.07) is 12.8. The van der Waals surface area contributed by atoms with Gasteiger partial charge in [0.25, 0.3) is 0 Å². The molecule has 1 aliphatic rings. The van der Waals surface area contributed by atoms with Gasteiger partial charge < -0.3 is 10.2 Å². The van der Waals surface area contributed by atoms with Crippen molar-refractivity contribution in [2.75, 3.05) is 31.1 Å². The number of halogens is 2. The van der Waals surface area contributed by atoms with E-state index in [1.807, 2.05) is 17.9 Å². The lowest BCUT2D eigenvalue weighted by molar-refractivity contribution is -0.126. The maximum atomic E-state index is 13.9. The van der Waals surface area contributed by atoms with Gasteiger partial charge in [0.1, 0.15) is 11.6 Å². The van der Waals surface area contributed by atoms with Gasteiger partial charge in [-0.15, -0.1) is 0 Å². The molecule has 2 aromatic rings. The summed E-state index contributed by atoms with van der Waals surface area (Å²) in [5, 5.41) is 2.79. The van der Waals surface area contributed by atoms with Crippen molar-refractivity contribution in [2.45, 2.75) is 19.5 Å². The quantitative estimate of drug-likeness (QED) is 0.892. The van der Waals surface area contributed by atoms with Gasteiger partial charge in [-0.05, 0) is 25.1 Å². The summed E-state index contributed by atoms with van der Waals surface area (Å²) in [6.45, 7) is 4.67. The molecule has 2 aromatic carbocycles. The normalized spacial score (nSPS) is 16.3. The Bertz CT molecular complexity index is 760. The first-order chi connectivity index (χ1) is 12.6. The molecular weight excluding hydrogens is 336 g/mol. The number of nitrogens with zero attached hydrogens (tertiary/aromatic N) is 2. The van der Waals surface area contributed by atoms with Crippen LogP contribution in [0, 0.1) is 11.6 Å². The molecule has 0 aromatic heterocycles. The summed E-state index contributed by atoms with van der Waals surface area (Å²) in [5.74, 6) is -0.678. The lowest BCUT2D eigenvalue weighted by Gasteiger charge is -2.38. The van der Waals surface area contributed by atoms with Gasteiger partial charge in [0, 0.05) is 38.3 Å². The van der Waals surface area contributed by atoms with Gasteiger partial charge in [-0.2, -0.15) is 0 Å². The molecule has 6 heteroatoms. The van der Waals surface area contributed by atoms with Crippen molar-refractivity contribution < 1.29 is 13.6 Å². The highest BCUT2D eigenvalue weighted by atomic mass is 19.1. The summed E-state index contributed by atoms with van der Waals surface area (Å²) in [7, 11) is 0. The number of amides is 1. The Morgan fingerprint density at radius 1 is 1.00 bits per heavy atom. The lowest BCUT2D eigenvalue weighted by Crippen LogP contribution is -2.54. The van der Waals surface area contributed by atoms with Crippen LogP contribution in [0.1, 0.15) is 12.5 Å². The van der Waals surface area contributed by atoms with Crippen molar-refractivity contribution in [3.05, 3.63) is 65.7 Å². The largest absolute Gasteiger partial charge is 0.367 e. The molecule has 1 fully saturated rings. The predicted molar refractivity (Wildman–Crippen MR) is 97.9 cm³/mol. The van der Waals surface area contributed by atoms with Crippen LogP contribution in [-0.4, -0.2) is 43.0 Å². The van der Waals surface area contributed by atoms with Crippen LogP contribution in [0.5, 0.6) is 0 Å². The van der Waals surface area contributed by atoms with Crippen molar-refractivity contribution in [3.63, 3.8) is 0 Å². The molecule has 0 radical (unpaired) electrons. The topological polar surface area (TPSA) is 35.6 Å². The van der Waals surface area contributed by atoms with Gasteiger partial charge >= 0.3 is 0 Å². The molecule has 26 heavy (non-hydrogen) atoms. The van der Waals surface area contributed by atoms with Crippen LogP contribution in [0.15, 0.2) is 48.5 Å². The Kier molecular flexibility index (Phi) is 5.83. The second-order valence-electron chi connectivity index (χ2n) is 6.46. The first-order valence-electron chi connectivity index (χ1n) is 8.81. The SMILES string of the molecule is C[C@@H](C(=O)NCc1ccccc1F)N1CCN(c2ccccc2F)CC1. The van der Waals surface area contributed by atoms with E-state index in [2.05, 4.69) is 10.2 Å². The van der Waals surface area contributed by atoms with Crippen LogP contribution in [-0.2, 0) is 11.3 Å². The zero-order valence-corrected chi connectivity index (χ0v) is 14.8. The first kappa shape index (κ1) is 18.3. The first-order valence-corrected chi connectivity index (χ1v) is 8.81. The smallest absolute Gasteiger partial charge is 0.237 e. The van der Waals surface area contributed by atoms with Crippen molar-refractivity contribution >= 4 is 11.6 Å². The highest BCUT2D eigenvalue weighted by Gasteiger charge is 2.26. The molecule has 4 nitrogen and oxygen atoms in total. The molecule has 0 aliphatic carbocycles. The van der Waals surface area contributed by atoms with E-state index in [1.54, 1.807) is 30.3 Å². The highest BCUT2D eigenvalue weighted by molar-refractivity contribution is 5.81. The minimum absolute atomic E-state index is 0.132. The predicted octanol–water partition coefficient (Wildman–Crippen LogP) is 2.79. The number of benzene rings is 2. The summed E-state index contributed by atoms with van der Waals surface area (Å²) >= 11 is 0. The molecule has 0 spiro atoms. The maximum Gasteiger partial charge on any atom is 0.237 e. The van der Waals surface area contributed by atoms with Crippen LogP contribution in [0.25, 0.3) is 0 Å².